The number of rotatable bonds is 2. The van der Waals surface area contributed by atoms with E-state index in [1.807, 2.05) is 0 Å². The van der Waals surface area contributed by atoms with E-state index in [1.54, 1.807) is 4.90 Å². The van der Waals surface area contributed by atoms with Gasteiger partial charge in [-0.1, -0.05) is 0 Å². The molecule has 20 heavy (non-hydrogen) atoms. The van der Waals surface area contributed by atoms with Gasteiger partial charge in [-0.25, -0.2) is 17.9 Å². The van der Waals surface area contributed by atoms with Crippen LogP contribution < -0.4 is 5.14 Å². The van der Waals surface area contributed by atoms with Gasteiger partial charge in [0, 0.05) is 18.7 Å². The maximum absolute atomic E-state index is 13.8. The van der Waals surface area contributed by atoms with Crippen LogP contribution in [-0.4, -0.2) is 32.3 Å². The molecule has 0 bridgehead atoms. The third kappa shape index (κ3) is 3.18. The zero-order valence-corrected chi connectivity index (χ0v) is 13.0. The van der Waals surface area contributed by atoms with Crippen LogP contribution in [0.4, 0.5) is 4.39 Å². The molecule has 0 aliphatic carbocycles. The van der Waals surface area contributed by atoms with Gasteiger partial charge in [-0.15, -0.1) is 0 Å². The van der Waals surface area contributed by atoms with E-state index in [-0.39, 0.29) is 15.9 Å². The molecule has 0 unspecified atom stereocenters. The van der Waals surface area contributed by atoms with Crippen molar-refractivity contribution in [3.8, 4) is 0 Å². The van der Waals surface area contributed by atoms with Gasteiger partial charge in [0.05, 0.1) is 9.37 Å². The quantitative estimate of drug-likeness (QED) is 0.869. The molecule has 1 aromatic rings. The summed E-state index contributed by atoms with van der Waals surface area (Å²) in [5, 5.41) is 5.02. The molecule has 1 aliphatic heterocycles. The Balaban J connectivity index is 2.42. The molecule has 0 aromatic heterocycles. The van der Waals surface area contributed by atoms with Gasteiger partial charge in [-0.2, -0.15) is 0 Å². The summed E-state index contributed by atoms with van der Waals surface area (Å²) in [6.45, 7) is 1.20. The molecular weight excluding hydrogens is 351 g/mol. The SMILES string of the molecule is NS(=O)(=O)c1cc(C(=O)N2CCCCC2)cc(F)c1Br. The van der Waals surface area contributed by atoms with E-state index in [1.165, 1.54) is 0 Å². The number of nitrogens with two attached hydrogens (primary N) is 1. The summed E-state index contributed by atoms with van der Waals surface area (Å²) in [5.74, 6) is -1.20. The number of sulfonamides is 1. The van der Waals surface area contributed by atoms with Crippen molar-refractivity contribution in [1.29, 1.82) is 0 Å². The number of nitrogens with zero attached hydrogens (tertiary/aromatic N) is 1. The second-order valence-electron chi connectivity index (χ2n) is 4.67. The van der Waals surface area contributed by atoms with E-state index in [0.717, 1.165) is 31.4 Å². The first-order chi connectivity index (χ1) is 9.30. The van der Waals surface area contributed by atoms with Crippen molar-refractivity contribution in [3.05, 3.63) is 28.0 Å². The largest absolute Gasteiger partial charge is 0.339 e. The van der Waals surface area contributed by atoms with Crippen molar-refractivity contribution in [2.24, 2.45) is 5.14 Å². The molecule has 2 rings (SSSR count). The highest BCUT2D eigenvalue weighted by atomic mass is 79.9. The highest BCUT2D eigenvalue weighted by molar-refractivity contribution is 9.10. The first-order valence-electron chi connectivity index (χ1n) is 6.12. The normalized spacial score (nSPS) is 16.2. The zero-order chi connectivity index (χ0) is 14.9. The molecule has 0 atom stereocenters. The molecule has 1 amide bonds. The summed E-state index contributed by atoms with van der Waals surface area (Å²) in [7, 11) is -4.10. The number of halogens is 2. The Bertz CT molecular complexity index is 642. The standard InChI is InChI=1S/C12H14BrFN2O3S/c13-11-9(14)6-8(7-10(11)20(15,18)19)12(17)16-4-2-1-3-5-16/h6-7H,1-5H2,(H2,15,18,19). The molecule has 110 valence electrons. The monoisotopic (exact) mass is 364 g/mol. The summed E-state index contributed by atoms with van der Waals surface area (Å²) in [5.41, 5.74) is -0.00312. The predicted molar refractivity (Wildman–Crippen MR) is 75.2 cm³/mol. The fourth-order valence-corrected chi connectivity index (χ4v) is 3.72. The van der Waals surface area contributed by atoms with Crippen molar-refractivity contribution in [1.82, 2.24) is 4.90 Å². The minimum atomic E-state index is -4.10. The molecule has 0 saturated carbocycles. The number of carbonyl (C=O) groups is 1. The third-order valence-corrected chi connectivity index (χ3v) is 5.20. The Morgan fingerprint density at radius 3 is 2.40 bits per heavy atom. The van der Waals surface area contributed by atoms with Gasteiger partial charge in [0.25, 0.3) is 5.91 Å². The Labute approximate surface area is 125 Å². The lowest BCUT2D eigenvalue weighted by atomic mass is 10.1. The zero-order valence-electron chi connectivity index (χ0n) is 10.6. The Morgan fingerprint density at radius 1 is 1.25 bits per heavy atom. The van der Waals surface area contributed by atoms with Crippen LogP contribution in [0.25, 0.3) is 0 Å². The lowest BCUT2D eigenvalue weighted by Gasteiger charge is -2.27. The summed E-state index contributed by atoms with van der Waals surface area (Å²) in [6.07, 6.45) is 2.85. The second-order valence-corrected chi connectivity index (χ2v) is 6.99. The molecule has 2 N–H and O–H groups in total. The average Bonchev–Trinajstić information content (AvgIpc) is 2.40. The van der Waals surface area contributed by atoms with Gasteiger partial charge >= 0.3 is 0 Å². The predicted octanol–water partition coefficient (Wildman–Crippen LogP) is 1.86. The van der Waals surface area contributed by atoms with Crippen molar-refractivity contribution in [2.45, 2.75) is 24.2 Å². The smallest absolute Gasteiger partial charge is 0.254 e. The molecule has 1 heterocycles. The number of piperidine rings is 1. The van der Waals surface area contributed by atoms with Gasteiger partial charge in [-0.05, 0) is 47.3 Å². The second kappa shape index (κ2) is 5.79. The van der Waals surface area contributed by atoms with E-state index in [0.29, 0.717) is 13.1 Å². The molecular formula is C12H14BrFN2O3S. The molecule has 0 radical (unpaired) electrons. The number of hydrogen-bond acceptors (Lipinski definition) is 3. The van der Waals surface area contributed by atoms with E-state index >= 15 is 0 Å². The lowest BCUT2D eigenvalue weighted by molar-refractivity contribution is 0.0723. The highest BCUT2D eigenvalue weighted by Gasteiger charge is 2.23. The van der Waals surface area contributed by atoms with E-state index in [2.05, 4.69) is 15.9 Å². The van der Waals surface area contributed by atoms with Crippen LogP contribution >= 0.6 is 15.9 Å². The van der Waals surface area contributed by atoms with Crippen molar-refractivity contribution >= 4 is 31.9 Å². The van der Waals surface area contributed by atoms with Crippen LogP contribution in [-0.2, 0) is 10.0 Å². The van der Waals surface area contributed by atoms with Crippen LogP contribution in [0.1, 0.15) is 29.6 Å². The van der Waals surface area contributed by atoms with Crippen LogP contribution in [0.3, 0.4) is 0 Å². The Kier molecular flexibility index (Phi) is 4.46. The number of carbonyl (C=O) groups excluding carboxylic acids is 1. The maximum Gasteiger partial charge on any atom is 0.254 e. The van der Waals surface area contributed by atoms with Gasteiger partial charge in [0.2, 0.25) is 10.0 Å². The first-order valence-corrected chi connectivity index (χ1v) is 8.46. The number of amides is 1. The van der Waals surface area contributed by atoms with Gasteiger partial charge in [0.1, 0.15) is 5.82 Å². The first kappa shape index (κ1) is 15.4. The molecule has 1 aromatic carbocycles. The Hall–Kier alpha value is -0.990. The molecule has 8 heteroatoms. The van der Waals surface area contributed by atoms with Crippen molar-refractivity contribution < 1.29 is 17.6 Å². The maximum atomic E-state index is 13.8. The fraction of sp³-hybridized carbons (Fsp3) is 0.417. The molecule has 5 nitrogen and oxygen atoms in total. The third-order valence-electron chi connectivity index (χ3n) is 3.19. The topological polar surface area (TPSA) is 80.5 Å². The fourth-order valence-electron chi connectivity index (χ4n) is 2.17. The lowest BCUT2D eigenvalue weighted by Crippen LogP contribution is -2.35. The summed E-state index contributed by atoms with van der Waals surface area (Å²) >= 11 is 2.84. The number of primary sulfonamides is 1. The van der Waals surface area contributed by atoms with Crippen LogP contribution in [0, 0.1) is 5.82 Å². The number of benzene rings is 1. The summed E-state index contributed by atoms with van der Waals surface area (Å²) < 4.78 is 36.3. The minimum Gasteiger partial charge on any atom is -0.339 e. The molecule has 1 fully saturated rings. The summed E-state index contributed by atoms with van der Waals surface area (Å²) in [6, 6.07) is 2.13. The van der Waals surface area contributed by atoms with Gasteiger partial charge in [0.15, 0.2) is 0 Å². The Morgan fingerprint density at radius 2 is 1.85 bits per heavy atom. The molecule has 1 aliphatic rings. The van der Waals surface area contributed by atoms with Crippen LogP contribution in [0.5, 0.6) is 0 Å². The van der Waals surface area contributed by atoms with E-state index in [9.17, 15) is 17.6 Å². The number of hydrogen-bond donors (Lipinski definition) is 1. The van der Waals surface area contributed by atoms with Crippen LogP contribution in [0.15, 0.2) is 21.5 Å². The van der Waals surface area contributed by atoms with Gasteiger partial charge < -0.3 is 4.90 Å². The van der Waals surface area contributed by atoms with Crippen LogP contribution in [0.2, 0.25) is 0 Å². The molecule has 0 spiro atoms. The highest BCUT2D eigenvalue weighted by Crippen LogP contribution is 2.27. The van der Waals surface area contributed by atoms with Gasteiger partial charge in [-0.3, -0.25) is 4.79 Å². The van der Waals surface area contributed by atoms with Crippen molar-refractivity contribution in [2.75, 3.05) is 13.1 Å². The van der Waals surface area contributed by atoms with E-state index in [4.69, 9.17) is 5.14 Å². The van der Waals surface area contributed by atoms with Crippen molar-refractivity contribution in [3.63, 3.8) is 0 Å². The van der Waals surface area contributed by atoms with E-state index < -0.39 is 20.7 Å². The molecule has 1 saturated heterocycles. The minimum absolute atomic E-state index is 0.00312. The summed E-state index contributed by atoms with van der Waals surface area (Å²) in [4.78, 5) is 13.4. The number of likely N-dealkylation sites (tertiary alicyclic amines) is 1. The average molecular weight is 365 g/mol.